The van der Waals surface area contributed by atoms with E-state index in [1.807, 2.05) is 18.2 Å². The third-order valence-corrected chi connectivity index (χ3v) is 9.59. The van der Waals surface area contributed by atoms with Gasteiger partial charge >= 0.3 is 0 Å². The number of hydrogen-bond donors (Lipinski definition) is 0. The molecule has 0 atom stereocenters. The lowest BCUT2D eigenvalue weighted by molar-refractivity contribution is 1.18. The zero-order valence-electron chi connectivity index (χ0n) is 23.7. The Morgan fingerprint density at radius 1 is 0.500 bits per heavy atom. The zero-order valence-corrected chi connectivity index (χ0v) is 24.5. The smallest absolute Gasteiger partial charge is 0.160 e. The molecule has 0 aliphatic rings. The molecule has 0 radical (unpaired) electrons. The largest absolute Gasteiger partial charge is 0.309 e. The van der Waals surface area contributed by atoms with E-state index in [1.165, 1.54) is 37.5 Å². The van der Waals surface area contributed by atoms with Crippen LogP contribution in [-0.2, 0) is 0 Å². The molecule has 9 aromatic rings. The van der Waals surface area contributed by atoms with Gasteiger partial charge in [0.2, 0.25) is 0 Å². The van der Waals surface area contributed by atoms with Crippen molar-refractivity contribution in [3.8, 4) is 39.5 Å². The number of rotatable bonds is 4. The number of nitrogens with zero attached hydrogens (tertiary/aromatic N) is 3. The van der Waals surface area contributed by atoms with Gasteiger partial charge in [-0.3, -0.25) is 0 Å². The molecule has 4 heteroatoms. The Balaban J connectivity index is 1.43. The minimum absolute atomic E-state index is 0.741. The Kier molecular flexibility index (Phi) is 5.68. The molecule has 0 aliphatic carbocycles. The summed E-state index contributed by atoms with van der Waals surface area (Å²) in [5.74, 6) is 0.741. The highest BCUT2D eigenvalue weighted by Gasteiger charge is 2.22. The van der Waals surface area contributed by atoms with Crippen LogP contribution in [0.4, 0.5) is 0 Å². The van der Waals surface area contributed by atoms with Crippen molar-refractivity contribution in [1.82, 2.24) is 14.5 Å². The van der Waals surface area contributed by atoms with Crippen molar-refractivity contribution in [3.05, 3.63) is 152 Å². The first-order valence-electron chi connectivity index (χ1n) is 14.8. The van der Waals surface area contributed by atoms with Crippen molar-refractivity contribution in [2.45, 2.75) is 0 Å². The van der Waals surface area contributed by atoms with Crippen LogP contribution in [-0.4, -0.2) is 14.5 Å². The van der Waals surface area contributed by atoms with E-state index in [0.717, 1.165) is 44.1 Å². The van der Waals surface area contributed by atoms with Gasteiger partial charge in [0.25, 0.3) is 0 Å². The van der Waals surface area contributed by atoms with Crippen LogP contribution in [0.2, 0.25) is 0 Å². The number of benzene rings is 6. The van der Waals surface area contributed by atoms with Crippen molar-refractivity contribution < 1.29 is 0 Å². The van der Waals surface area contributed by atoms with E-state index in [4.69, 9.17) is 9.97 Å². The van der Waals surface area contributed by atoms with Gasteiger partial charge in [0, 0.05) is 37.7 Å². The van der Waals surface area contributed by atoms with E-state index >= 15 is 0 Å². The minimum atomic E-state index is 0.741. The van der Waals surface area contributed by atoms with E-state index in [0.29, 0.717) is 0 Å². The van der Waals surface area contributed by atoms with Crippen LogP contribution in [0.5, 0.6) is 0 Å². The molecular formula is C40H25N3S. The van der Waals surface area contributed by atoms with Crippen LogP contribution in [0, 0.1) is 0 Å². The van der Waals surface area contributed by atoms with Crippen LogP contribution in [0.1, 0.15) is 0 Å². The van der Waals surface area contributed by atoms with Crippen LogP contribution >= 0.6 is 11.3 Å². The fraction of sp³-hybridized carbons (Fsp3) is 0. The van der Waals surface area contributed by atoms with Crippen molar-refractivity contribution in [2.75, 3.05) is 0 Å². The maximum Gasteiger partial charge on any atom is 0.160 e. The van der Waals surface area contributed by atoms with Crippen LogP contribution in [0.25, 0.3) is 81.6 Å². The molecule has 206 valence electrons. The Morgan fingerprint density at radius 3 is 2.00 bits per heavy atom. The molecule has 0 amide bonds. The Labute approximate surface area is 258 Å². The standard InChI is InChI=1S/C40H25N3S/c1-4-13-26(14-5-1)28-23-24-33-32(25-28)36-31(20-12-21-34(36)43(33)29-17-8-3-9-18-29)38-39-37(30-19-10-11-22-35(30)44-39)41-40(42-38)27-15-6-2-7-16-27/h1-25H. The molecule has 3 aromatic heterocycles. The lowest BCUT2D eigenvalue weighted by Gasteiger charge is -2.10. The number of hydrogen-bond acceptors (Lipinski definition) is 3. The summed E-state index contributed by atoms with van der Waals surface area (Å²) in [5.41, 5.74) is 9.95. The van der Waals surface area contributed by atoms with E-state index in [1.54, 1.807) is 11.3 Å². The average Bonchev–Trinajstić information content (AvgIpc) is 3.64. The molecule has 0 aliphatic heterocycles. The highest BCUT2D eigenvalue weighted by atomic mass is 32.1. The van der Waals surface area contributed by atoms with Crippen molar-refractivity contribution in [3.63, 3.8) is 0 Å². The van der Waals surface area contributed by atoms with Gasteiger partial charge in [-0.1, -0.05) is 115 Å². The van der Waals surface area contributed by atoms with Gasteiger partial charge in [0.15, 0.2) is 5.82 Å². The summed E-state index contributed by atoms with van der Waals surface area (Å²) in [4.78, 5) is 10.5. The number of aromatic nitrogens is 3. The van der Waals surface area contributed by atoms with E-state index < -0.39 is 0 Å². The third kappa shape index (κ3) is 3.89. The molecule has 0 fully saturated rings. The summed E-state index contributed by atoms with van der Waals surface area (Å²) in [6.07, 6.45) is 0. The van der Waals surface area contributed by atoms with Crippen molar-refractivity contribution in [1.29, 1.82) is 0 Å². The van der Waals surface area contributed by atoms with Crippen LogP contribution < -0.4 is 0 Å². The van der Waals surface area contributed by atoms with Crippen molar-refractivity contribution in [2.24, 2.45) is 0 Å². The lowest BCUT2D eigenvalue weighted by atomic mass is 9.99. The van der Waals surface area contributed by atoms with Gasteiger partial charge in [-0.15, -0.1) is 11.3 Å². The first-order valence-corrected chi connectivity index (χ1v) is 15.6. The summed E-state index contributed by atoms with van der Waals surface area (Å²) in [7, 11) is 0. The fourth-order valence-electron chi connectivity index (χ4n) is 6.42. The van der Waals surface area contributed by atoms with Gasteiger partial charge < -0.3 is 4.57 Å². The molecule has 44 heavy (non-hydrogen) atoms. The van der Waals surface area contributed by atoms with Gasteiger partial charge in [-0.05, 0) is 47.5 Å². The van der Waals surface area contributed by atoms with Crippen molar-refractivity contribution >= 4 is 53.4 Å². The maximum atomic E-state index is 5.35. The van der Waals surface area contributed by atoms with Gasteiger partial charge in [-0.2, -0.15) is 0 Å². The average molecular weight is 580 g/mol. The molecule has 6 aromatic carbocycles. The third-order valence-electron chi connectivity index (χ3n) is 8.42. The predicted octanol–water partition coefficient (Wildman–Crippen LogP) is 10.9. The van der Waals surface area contributed by atoms with Gasteiger partial charge in [0.05, 0.1) is 26.9 Å². The molecule has 9 rings (SSSR count). The molecule has 0 spiro atoms. The molecule has 3 nitrogen and oxygen atoms in total. The maximum absolute atomic E-state index is 5.35. The van der Waals surface area contributed by atoms with Gasteiger partial charge in [0.1, 0.15) is 0 Å². The highest BCUT2D eigenvalue weighted by Crippen LogP contribution is 2.44. The molecule has 0 saturated heterocycles. The Morgan fingerprint density at radius 2 is 1.20 bits per heavy atom. The second-order valence-corrected chi connectivity index (χ2v) is 12.1. The van der Waals surface area contributed by atoms with E-state index in [2.05, 4.69) is 138 Å². The summed E-state index contributed by atoms with van der Waals surface area (Å²) >= 11 is 1.77. The summed E-state index contributed by atoms with van der Waals surface area (Å²) in [6.45, 7) is 0. The molecule has 0 bridgehead atoms. The van der Waals surface area contributed by atoms with Crippen LogP contribution in [0.3, 0.4) is 0 Å². The summed E-state index contributed by atoms with van der Waals surface area (Å²) < 4.78 is 4.70. The summed E-state index contributed by atoms with van der Waals surface area (Å²) in [6, 6.07) is 53.6. The Bertz CT molecular complexity index is 2480. The first-order chi connectivity index (χ1) is 21.8. The zero-order chi connectivity index (χ0) is 29.0. The molecular weight excluding hydrogens is 555 g/mol. The lowest BCUT2D eigenvalue weighted by Crippen LogP contribution is -1.95. The fourth-order valence-corrected chi connectivity index (χ4v) is 7.57. The quantitative estimate of drug-likeness (QED) is 0.208. The second-order valence-electron chi connectivity index (χ2n) is 11.0. The first kappa shape index (κ1) is 25.0. The Hall–Kier alpha value is -5.58. The van der Waals surface area contributed by atoms with E-state index in [-0.39, 0.29) is 0 Å². The topological polar surface area (TPSA) is 30.7 Å². The number of para-hydroxylation sites is 1. The minimum Gasteiger partial charge on any atom is -0.309 e. The molecule has 0 saturated carbocycles. The monoisotopic (exact) mass is 579 g/mol. The highest BCUT2D eigenvalue weighted by molar-refractivity contribution is 7.26. The second kappa shape index (κ2) is 10.0. The van der Waals surface area contributed by atoms with Gasteiger partial charge in [-0.25, -0.2) is 9.97 Å². The number of fused-ring (bicyclic) bond motifs is 6. The SMILES string of the molecule is c1ccc(-c2ccc3c(c2)c2c(-c4nc(-c5ccccc5)nc5c4sc4ccccc45)cccc2n3-c2ccccc2)cc1. The predicted molar refractivity (Wildman–Crippen MR) is 186 cm³/mol. The molecule has 0 unspecified atom stereocenters. The molecule has 3 heterocycles. The van der Waals surface area contributed by atoms with E-state index in [9.17, 15) is 0 Å². The van der Waals surface area contributed by atoms with Crippen LogP contribution in [0.15, 0.2) is 152 Å². The molecule has 0 N–H and O–H groups in total. The normalized spacial score (nSPS) is 11.6. The number of thiophene rings is 1. The summed E-state index contributed by atoms with van der Waals surface area (Å²) in [5, 5.41) is 3.56.